The zero-order valence-corrected chi connectivity index (χ0v) is 13.8. The van der Waals surface area contributed by atoms with Crippen molar-refractivity contribution in [3.8, 4) is 11.4 Å². The van der Waals surface area contributed by atoms with E-state index in [0.717, 1.165) is 16.4 Å². The molecule has 0 atom stereocenters. The third-order valence-electron chi connectivity index (χ3n) is 3.50. The van der Waals surface area contributed by atoms with Gasteiger partial charge in [0.2, 0.25) is 0 Å². The molecular weight excluding hydrogens is 288 g/mol. The minimum absolute atomic E-state index is 0.802. The second-order valence-electron chi connectivity index (χ2n) is 5.41. The first-order chi connectivity index (χ1) is 10.6. The van der Waals surface area contributed by atoms with Crippen molar-refractivity contribution in [2.75, 3.05) is 0 Å². The molecule has 3 rings (SSSR count). The fourth-order valence-electron chi connectivity index (χ4n) is 2.66. The van der Waals surface area contributed by atoms with E-state index in [2.05, 4.69) is 50.0 Å². The van der Waals surface area contributed by atoms with Crippen molar-refractivity contribution >= 4 is 11.8 Å². The van der Waals surface area contributed by atoms with Crippen LogP contribution in [-0.2, 0) is 0 Å². The summed E-state index contributed by atoms with van der Waals surface area (Å²) in [4.78, 5) is 10.4. The number of benzene rings is 2. The summed E-state index contributed by atoms with van der Waals surface area (Å²) in [6.45, 7) is 6.36. The van der Waals surface area contributed by atoms with Crippen LogP contribution >= 0.6 is 11.8 Å². The van der Waals surface area contributed by atoms with Crippen LogP contribution in [0.25, 0.3) is 11.4 Å². The average molecular weight is 306 g/mol. The minimum atomic E-state index is 0.802. The van der Waals surface area contributed by atoms with Gasteiger partial charge in [-0.2, -0.15) is 0 Å². The summed E-state index contributed by atoms with van der Waals surface area (Å²) in [5, 5.41) is 0.968. The Morgan fingerprint density at radius 2 is 1.55 bits per heavy atom. The van der Waals surface area contributed by atoms with E-state index in [9.17, 15) is 0 Å². The molecule has 3 aromatic rings. The maximum atomic E-state index is 4.74. The van der Waals surface area contributed by atoms with Gasteiger partial charge in [-0.3, -0.25) is 0 Å². The van der Waals surface area contributed by atoms with Gasteiger partial charge in [0, 0.05) is 16.7 Å². The van der Waals surface area contributed by atoms with Crippen molar-refractivity contribution in [1.29, 1.82) is 0 Å². The summed E-state index contributed by atoms with van der Waals surface area (Å²) in [6.07, 6.45) is 1.84. The fourth-order valence-corrected chi connectivity index (χ4v) is 3.46. The van der Waals surface area contributed by atoms with Gasteiger partial charge in [-0.05, 0) is 50.1 Å². The molecule has 0 saturated carbocycles. The molecule has 0 amide bonds. The molecule has 2 nitrogen and oxygen atoms in total. The van der Waals surface area contributed by atoms with Gasteiger partial charge in [0.25, 0.3) is 0 Å². The van der Waals surface area contributed by atoms with E-state index >= 15 is 0 Å². The first-order valence-corrected chi connectivity index (χ1v) is 8.09. The molecule has 0 N–H and O–H groups in total. The van der Waals surface area contributed by atoms with Crippen molar-refractivity contribution < 1.29 is 0 Å². The van der Waals surface area contributed by atoms with Crippen molar-refractivity contribution in [2.24, 2.45) is 0 Å². The van der Waals surface area contributed by atoms with Gasteiger partial charge in [0.05, 0.1) is 0 Å². The molecule has 0 bridgehead atoms. The van der Waals surface area contributed by atoms with Gasteiger partial charge >= 0.3 is 0 Å². The quantitative estimate of drug-likeness (QED) is 0.620. The van der Waals surface area contributed by atoms with Gasteiger partial charge in [0.1, 0.15) is 5.03 Å². The molecule has 0 aliphatic carbocycles. The number of rotatable bonds is 3. The van der Waals surface area contributed by atoms with Crippen molar-refractivity contribution in [3.63, 3.8) is 0 Å². The van der Waals surface area contributed by atoms with Crippen LogP contribution in [0.3, 0.4) is 0 Å². The molecule has 22 heavy (non-hydrogen) atoms. The van der Waals surface area contributed by atoms with Crippen LogP contribution in [0.5, 0.6) is 0 Å². The zero-order chi connectivity index (χ0) is 15.5. The van der Waals surface area contributed by atoms with E-state index in [-0.39, 0.29) is 0 Å². The molecule has 0 aliphatic rings. The van der Waals surface area contributed by atoms with Crippen LogP contribution < -0.4 is 0 Å². The van der Waals surface area contributed by atoms with Gasteiger partial charge in [-0.25, -0.2) is 9.97 Å². The summed E-state index contributed by atoms with van der Waals surface area (Å²) in [5.41, 5.74) is 4.85. The highest BCUT2D eigenvalue weighted by molar-refractivity contribution is 7.99. The highest BCUT2D eigenvalue weighted by Gasteiger charge is 2.10. The predicted molar refractivity (Wildman–Crippen MR) is 92.2 cm³/mol. The first kappa shape index (κ1) is 14.8. The third-order valence-corrected chi connectivity index (χ3v) is 4.44. The Morgan fingerprint density at radius 3 is 2.23 bits per heavy atom. The Hall–Kier alpha value is -2.13. The van der Waals surface area contributed by atoms with Crippen LogP contribution in [0.1, 0.15) is 16.7 Å². The average Bonchev–Trinajstić information content (AvgIpc) is 2.47. The Morgan fingerprint density at radius 1 is 0.864 bits per heavy atom. The Balaban J connectivity index is 1.98. The van der Waals surface area contributed by atoms with Crippen LogP contribution in [0, 0.1) is 20.8 Å². The largest absolute Gasteiger partial charge is 0.236 e. The Bertz CT molecular complexity index is 775. The number of nitrogens with zero attached hydrogens (tertiary/aromatic N) is 2. The first-order valence-electron chi connectivity index (χ1n) is 7.27. The fraction of sp³-hybridized carbons (Fsp3) is 0.158. The molecule has 0 fully saturated rings. The van der Waals surface area contributed by atoms with Crippen molar-refractivity contribution in [2.45, 2.75) is 30.7 Å². The molecule has 0 radical (unpaired) electrons. The van der Waals surface area contributed by atoms with Crippen LogP contribution in [0.4, 0.5) is 0 Å². The minimum Gasteiger partial charge on any atom is -0.236 e. The second-order valence-corrected chi connectivity index (χ2v) is 6.50. The molecule has 0 saturated heterocycles. The Kier molecular flexibility index (Phi) is 4.25. The van der Waals surface area contributed by atoms with E-state index in [1.165, 1.54) is 21.6 Å². The SMILES string of the molecule is Cc1cc(C)c(-c2nccc(Sc3ccccc3)n2)c(C)c1. The number of hydrogen-bond acceptors (Lipinski definition) is 3. The van der Waals surface area contributed by atoms with Crippen molar-refractivity contribution in [3.05, 3.63) is 71.4 Å². The topological polar surface area (TPSA) is 25.8 Å². The molecule has 1 heterocycles. The lowest BCUT2D eigenvalue weighted by Crippen LogP contribution is -1.96. The zero-order valence-electron chi connectivity index (χ0n) is 13.0. The molecule has 1 aromatic heterocycles. The predicted octanol–water partition coefficient (Wildman–Crippen LogP) is 5.22. The Labute approximate surface area is 135 Å². The molecule has 3 heteroatoms. The van der Waals surface area contributed by atoms with Gasteiger partial charge < -0.3 is 0 Å². The maximum Gasteiger partial charge on any atom is 0.160 e. The molecule has 0 spiro atoms. The summed E-state index contributed by atoms with van der Waals surface area (Å²) >= 11 is 1.66. The van der Waals surface area contributed by atoms with E-state index in [4.69, 9.17) is 4.98 Å². The lowest BCUT2D eigenvalue weighted by molar-refractivity contribution is 1.05. The molecule has 0 aliphatic heterocycles. The summed E-state index contributed by atoms with van der Waals surface area (Å²) < 4.78 is 0. The smallest absolute Gasteiger partial charge is 0.160 e. The third kappa shape index (κ3) is 3.20. The lowest BCUT2D eigenvalue weighted by Gasteiger charge is -2.11. The van der Waals surface area contributed by atoms with Crippen LogP contribution in [-0.4, -0.2) is 9.97 Å². The maximum absolute atomic E-state index is 4.74. The standard InChI is InChI=1S/C19H18N2S/c1-13-11-14(2)18(15(3)12-13)19-20-10-9-17(21-19)22-16-7-5-4-6-8-16/h4-12H,1-3H3. The van der Waals surface area contributed by atoms with Crippen LogP contribution in [0.2, 0.25) is 0 Å². The molecular formula is C19H18N2S. The van der Waals surface area contributed by atoms with Gasteiger partial charge in [0.15, 0.2) is 5.82 Å². The van der Waals surface area contributed by atoms with Crippen LogP contribution in [0.15, 0.2) is 64.6 Å². The number of aryl methyl sites for hydroxylation is 3. The summed E-state index contributed by atoms with van der Waals surface area (Å²) in [5.74, 6) is 0.802. The van der Waals surface area contributed by atoms with E-state index < -0.39 is 0 Å². The van der Waals surface area contributed by atoms with E-state index in [0.29, 0.717) is 0 Å². The van der Waals surface area contributed by atoms with Crippen molar-refractivity contribution in [1.82, 2.24) is 9.97 Å². The number of aromatic nitrogens is 2. The van der Waals surface area contributed by atoms with Gasteiger partial charge in [-0.15, -0.1) is 0 Å². The normalized spacial score (nSPS) is 10.7. The molecule has 0 unspecified atom stereocenters. The molecule has 2 aromatic carbocycles. The monoisotopic (exact) mass is 306 g/mol. The highest BCUT2D eigenvalue weighted by atomic mass is 32.2. The number of hydrogen-bond donors (Lipinski definition) is 0. The van der Waals surface area contributed by atoms with Gasteiger partial charge in [-0.1, -0.05) is 47.7 Å². The second kappa shape index (κ2) is 6.32. The summed E-state index contributed by atoms with van der Waals surface area (Å²) in [7, 11) is 0. The molecule has 110 valence electrons. The highest BCUT2D eigenvalue weighted by Crippen LogP contribution is 2.29. The lowest BCUT2D eigenvalue weighted by atomic mass is 9.99. The van der Waals surface area contributed by atoms with E-state index in [1.807, 2.05) is 30.5 Å². The summed E-state index contributed by atoms with van der Waals surface area (Å²) in [6, 6.07) is 16.6. The van der Waals surface area contributed by atoms with E-state index in [1.54, 1.807) is 11.8 Å².